The second-order valence-electron chi connectivity index (χ2n) is 5.60. The van der Waals surface area contributed by atoms with E-state index in [0.29, 0.717) is 22.5 Å². The molecule has 6 nitrogen and oxygen atoms in total. The van der Waals surface area contributed by atoms with Crippen LogP contribution in [0.4, 0.5) is 5.69 Å². The fraction of sp³-hybridized carbons (Fsp3) is 0.235. The average molecular weight is 308 g/mol. The molecule has 2 aromatic heterocycles. The standard InChI is InChI=1S/C17H16N4O2/c22-15-13-16(19-9-8-18-13)21(12-6-2-1-3-7-12)17(23)14(15)20-10-4-5-11-20/h1-3,6-9,22H,4-5,10-11H2. The summed E-state index contributed by atoms with van der Waals surface area (Å²) in [5.74, 6) is -0.0767. The van der Waals surface area contributed by atoms with E-state index in [0.717, 1.165) is 25.9 Å². The molecule has 0 aliphatic carbocycles. The first-order valence-corrected chi connectivity index (χ1v) is 7.66. The molecule has 1 saturated heterocycles. The van der Waals surface area contributed by atoms with E-state index in [4.69, 9.17) is 0 Å². The van der Waals surface area contributed by atoms with Crippen LogP contribution in [0.5, 0.6) is 5.75 Å². The minimum absolute atomic E-state index is 0.0767. The molecule has 0 radical (unpaired) electrons. The van der Waals surface area contributed by atoms with Crippen LogP contribution in [-0.4, -0.2) is 32.7 Å². The Hall–Kier alpha value is -2.89. The first-order valence-electron chi connectivity index (χ1n) is 7.66. The first kappa shape index (κ1) is 13.8. The van der Waals surface area contributed by atoms with Crippen LogP contribution in [0.25, 0.3) is 16.9 Å². The van der Waals surface area contributed by atoms with Gasteiger partial charge in [-0.25, -0.2) is 9.97 Å². The molecule has 0 spiro atoms. The maximum absolute atomic E-state index is 13.1. The Bertz CT molecular complexity index is 915. The number of para-hydroxylation sites is 1. The summed E-state index contributed by atoms with van der Waals surface area (Å²) in [4.78, 5) is 23.5. The molecule has 0 atom stereocenters. The summed E-state index contributed by atoms with van der Waals surface area (Å²) in [6, 6.07) is 9.32. The number of aromatic hydroxyl groups is 1. The van der Waals surface area contributed by atoms with Crippen LogP contribution in [0.2, 0.25) is 0 Å². The second-order valence-corrected chi connectivity index (χ2v) is 5.60. The van der Waals surface area contributed by atoms with Gasteiger partial charge in [-0.15, -0.1) is 0 Å². The van der Waals surface area contributed by atoms with Crippen molar-refractivity contribution in [2.24, 2.45) is 0 Å². The Balaban J connectivity index is 2.10. The highest BCUT2D eigenvalue weighted by Crippen LogP contribution is 2.32. The van der Waals surface area contributed by atoms with Crippen molar-refractivity contribution in [1.82, 2.24) is 14.5 Å². The van der Waals surface area contributed by atoms with Crippen molar-refractivity contribution in [2.75, 3.05) is 18.0 Å². The van der Waals surface area contributed by atoms with E-state index >= 15 is 0 Å². The Morgan fingerprint density at radius 3 is 2.43 bits per heavy atom. The van der Waals surface area contributed by atoms with Crippen LogP contribution in [0.1, 0.15) is 12.8 Å². The number of rotatable bonds is 2. The monoisotopic (exact) mass is 308 g/mol. The van der Waals surface area contributed by atoms with Gasteiger partial charge in [-0.05, 0) is 25.0 Å². The first-order chi connectivity index (χ1) is 11.3. The van der Waals surface area contributed by atoms with E-state index in [1.165, 1.54) is 17.0 Å². The zero-order valence-electron chi connectivity index (χ0n) is 12.5. The fourth-order valence-electron chi connectivity index (χ4n) is 3.12. The molecule has 3 aromatic rings. The summed E-state index contributed by atoms with van der Waals surface area (Å²) in [7, 11) is 0. The van der Waals surface area contributed by atoms with E-state index in [-0.39, 0.29) is 11.3 Å². The van der Waals surface area contributed by atoms with E-state index in [1.54, 1.807) is 0 Å². The van der Waals surface area contributed by atoms with Gasteiger partial charge in [0.05, 0.1) is 5.69 Å². The van der Waals surface area contributed by atoms with Gasteiger partial charge in [0.15, 0.2) is 16.9 Å². The van der Waals surface area contributed by atoms with Crippen molar-refractivity contribution in [2.45, 2.75) is 12.8 Å². The number of aromatic nitrogens is 3. The molecular weight excluding hydrogens is 292 g/mol. The minimum atomic E-state index is -0.261. The average Bonchev–Trinajstić information content (AvgIpc) is 3.10. The predicted molar refractivity (Wildman–Crippen MR) is 88.2 cm³/mol. The normalized spacial score (nSPS) is 14.5. The number of benzene rings is 1. The quantitative estimate of drug-likeness (QED) is 0.785. The summed E-state index contributed by atoms with van der Waals surface area (Å²) in [5, 5.41) is 10.6. The Labute approximate surface area is 132 Å². The fourth-order valence-corrected chi connectivity index (χ4v) is 3.12. The lowest BCUT2D eigenvalue weighted by Crippen LogP contribution is -2.30. The van der Waals surface area contributed by atoms with E-state index in [1.807, 2.05) is 35.2 Å². The van der Waals surface area contributed by atoms with Crippen LogP contribution < -0.4 is 10.5 Å². The van der Waals surface area contributed by atoms with Crippen LogP contribution in [-0.2, 0) is 0 Å². The summed E-state index contributed by atoms with van der Waals surface area (Å²) in [6.45, 7) is 1.53. The van der Waals surface area contributed by atoms with Crippen molar-refractivity contribution in [3.63, 3.8) is 0 Å². The molecule has 23 heavy (non-hydrogen) atoms. The lowest BCUT2D eigenvalue weighted by Gasteiger charge is -2.20. The van der Waals surface area contributed by atoms with Gasteiger partial charge in [0.25, 0.3) is 5.56 Å². The number of fused-ring (bicyclic) bond motifs is 1. The highest BCUT2D eigenvalue weighted by Gasteiger charge is 2.25. The third-order valence-electron chi connectivity index (χ3n) is 4.18. The largest absolute Gasteiger partial charge is 0.504 e. The molecule has 6 heteroatoms. The van der Waals surface area contributed by atoms with E-state index in [9.17, 15) is 9.90 Å². The molecule has 0 saturated carbocycles. The lowest BCUT2D eigenvalue weighted by molar-refractivity contribution is 0.478. The predicted octanol–water partition coefficient (Wildman–Crippen LogP) is 2.09. The van der Waals surface area contributed by atoms with Crippen molar-refractivity contribution >= 4 is 16.9 Å². The number of hydrogen-bond donors (Lipinski definition) is 1. The summed E-state index contributed by atoms with van der Waals surface area (Å²) in [5.41, 5.74) is 1.48. The summed E-state index contributed by atoms with van der Waals surface area (Å²) in [6.07, 6.45) is 5.08. The van der Waals surface area contributed by atoms with Crippen molar-refractivity contribution in [3.05, 3.63) is 53.1 Å². The van der Waals surface area contributed by atoms with E-state index < -0.39 is 0 Å². The Morgan fingerprint density at radius 2 is 1.70 bits per heavy atom. The SMILES string of the molecule is O=c1c(N2CCCC2)c(O)c2nccnc2n1-c1ccccc1. The number of anilines is 1. The maximum Gasteiger partial charge on any atom is 0.284 e. The smallest absolute Gasteiger partial charge is 0.284 e. The molecule has 3 heterocycles. The van der Waals surface area contributed by atoms with Gasteiger partial charge in [-0.2, -0.15) is 0 Å². The molecule has 4 rings (SSSR count). The maximum atomic E-state index is 13.1. The molecule has 1 aromatic carbocycles. The van der Waals surface area contributed by atoms with Gasteiger partial charge < -0.3 is 10.0 Å². The summed E-state index contributed by atoms with van der Waals surface area (Å²) < 4.78 is 1.52. The Morgan fingerprint density at radius 1 is 1.00 bits per heavy atom. The Kier molecular flexibility index (Phi) is 3.22. The van der Waals surface area contributed by atoms with Gasteiger partial charge in [0.1, 0.15) is 5.69 Å². The zero-order valence-corrected chi connectivity index (χ0v) is 12.5. The van der Waals surface area contributed by atoms with Crippen molar-refractivity contribution in [1.29, 1.82) is 0 Å². The number of nitrogens with zero attached hydrogens (tertiary/aromatic N) is 4. The molecule has 1 fully saturated rings. The van der Waals surface area contributed by atoms with Crippen molar-refractivity contribution < 1.29 is 5.11 Å². The van der Waals surface area contributed by atoms with Crippen LogP contribution >= 0.6 is 0 Å². The topological polar surface area (TPSA) is 71.2 Å². The van der Waals surface area contributed by atoms with Gasteiger partial charge in [-0.1, -0.05) is 18.2 Å². The highest BCUT2D eigenvalue weighted by molar-refractivity contribution is 5.85. The third-order valence-corrected chi connectivity index (χ3v) is 4.18. The van der Waals surface area contributed by atoms with Gasteiger partial charge in [0, 0.05) is 25.5 Å². The molecule has 0 bridgehead atoms. The van der Waals surface area contributed by atoms with Crippen molar-refractivity contribution in [3.8, 4) is 11.4 Å². The van der Waals surface area contributed by atoms with Gasteiger partial charge in [0.2, 0.25) is 0 Å². The van der Waals surface area contributed by atoms with Crippen LogP contribution in [0.15, 0.2) is 47.5 Å². The molecule has 0 unspecified atom stereocenters. The molecule has 116 valence electrons. The highest BCUT2D eigenvalue weighted by atomic mass is 16.3. The molecule has 0 amide bonds. The van der Waals surface area contributed by atoms with E-state index in [2.05, 4.69) is 9.97 Å². The van der Waals surface area contributed by atoms with Crippen LogP contribution in [0.3, 0.4) is 0 Å². The van der Waals surface area contributed by atoms with Gasteiger partial charge in [-0.3, -0.25) is 9.36 Å². The molecular formula is C17H16N4O2. The third kappa shape index (κ3) is 2.14. The number of hydrogen-bond acceptors (Lipinski definition) is 5. The van der Waals surface area contributed by atoms with Crippen LogP contribution in [0, 0.1) is 0 Å². The second kappa shape index (κ2) is 5.39. The molecule has 1 aliphatic rings. The zero-order chi connectivity index (χ0) is 15.8. The minimum Gasteiger partial charge on any atom is -0.504 e. The molecule has 1 aliphatic heterocycles. The van der Waals surface area contributed by atoms with Gasteiger partial charge >= 0.3 is 0 Å². The molecule has 1 N–H and O–H groups in total. The lowest BCUT2D eigenvalue weighted by atomic mass is 10.2. The number of pyridine rings is 1. The summed E-state index contributed by atoms with van der Waals surface area (Å²) >= 11 is 0.